The third-order valence-electron chi connectivity index (χ3n) is 4.17. The van der Waals surface area contributed by atoms with Crippen molar-refractivity contribution in [2.75, 3.05) is 11.9 Å². The van der Waals surface area contributed by atoms with Gasteiger partial charge in [-0.3, -0.25) is 0 Å². The van der Waals surface area contributed by atoms with Gasteiger partial charge in [0, 0.05) is 10.4 Å². The second kappa shape index (κ2) is 6.49. The first-order valence-electron chi connectivity index (χ1n) is 8.17. The first-order chi connectivity index (χ1) is 11.4. The van der Waals surface area contributed by atoms with Gasteiger partial charge in [-0.15, -0.1) is 11.3 Å². The number of hydrogen-bond donors (Lipinski definition) is 2. The van der Waals surface area contributed by atoms with Gasteiger partial charge >= 0.3 is 0 Å². The predicted octanol–water partition coefficient (Wildman–Crippen LogP) is 4.41. The zero-order chi connectivity index (χ0) is 17.3. The Balaban J connectivity index is 2.18. The Morgan fingerprint density at radius 1 is 1.17 bits per heavy atom. The van der Waals surface area contributed by atoms with Crippen molar-refractivity contribution in [1.29, 1.82) is 0 Å². The summed E-state index contributed by atoms with van der Waals surface area (Å²) < 4.78 is 0. The van der Waals surface area contributed by atoms with Crippen molar-refractivity contribution in [2.45, 2.75) is 39.7 Å². The molecule has 5 heteroatoms. The fourth-order valence-electron chi connectivity index (χ4n) is 2.75. The van der Waals surface area contributed by atoms with E-state index in [0.717, 1.165) is 22.5 Å². The van der Waals surface area contributed by atoms with Crippen LogP contribution in [0.1, 0.15) is 31.2 Å². The summed E-state index contributed by atoms with van der Waals surface area (Å²) in [5.74, 6) is 0.776. The Labute approximate surface area is 146 Å². The van der Waals surface area contributed by atoms with E-state index in [1.165, 1.54) is 21.6 Å². The molecule has 3 aromatic rings. The molecule has 2 N–H and O–H groups in total. The fraction of sp³-hybridized carbons (Fsp3) is 0.368. The van der Waals surface area contributed by atoms with Gasteiger partial charge in [0.25, 0.3) is 0 Å². The summed E-state index contributed by atoms with van der Waals surface area (Å²) in [6, 6.07) is 8.68. The number of anilines is 1. The van der Waals surface area contributed by atoms with E-state index in [0.29, 0.717) is 0 Å². The van der Waals surface area contributed by atoms with E-state index in [9.17, 15) is 5.11 Å². The standard InChI is InChI=1S/C19H23N3OS/c1-5-13-6-8-14(9-7-13)15-12(2)24-18-16(15)17(20-11-21-18)22-19(3,4)10-23/h6-9,11,23H,5,10H2,1-4H3,(H,20,21,22). The molecule has 2 heterocycles. The lowest BCUT2D eigenvalue weighted by Gasteiger charge is -2.24. The van der Waals surface area contributed by atoms with Gasteiger partial charge in [0.05, 0.1) is 17.5 Å². The van der Waals surface area contributed by atoms with Crippen molar-refractivity contribution < 1.29 is 5.11 Å². The number of thiophene rings is 1. The second-order valence-electron chi connectivity index (χ2n) is 6.65. The van der Waals surface area contributed by atoms with Crippen LogP contribution in [-0.2, 0) is 6.42 Å². The first-order valence-corrected chi connectivity index (χ1v) is 8.99. The maximum Gasteiger partial charge on any atom is 0.139 e. The summed E-state index contributed by atoms with van der Waals surface area (Å²) in [6.07, 6.45) is 2.61. The second-order valence-corrected chi connectivity index (χ2v) is 7.86. The smallest absolute Gasteiger partial charge is 0.139 e. The summed E-state index contributed by atoms with van der Waals surface area (Å²) in [5, 5.41) is 14.0. The summed E-state index contributed by atoms with van der Waals surface area (Å²) in [6.45, 7) is 8.22. The minimum Gasteiger partial charge on any atom is -0.394 e. The minimum absolute atomic E-state index is 0.0299. The SMILES string of the molecule is CCc1ccc(-c2c(C)sc3ncnc(NC(C)(C)CO)c23)cc1. The third kappa shape index (κ3) is 3.14. The van der Waals surface area contributed by atoms with Gasteiger partial charge < -0.3 is 10.4 Å². The fourth-order valence-corrected chi connectivity index (χ4v) is 3.77. The average Bonchev–Trinajstić information content (AvgIpc) is 2.92. The highest BCUT2D eigenvalue weighted by Gasteiger charge is 2.22. The van der Waals surface area contributed by atoms with Crippen molar-refractivity contribution in [3.8, 4) is 11.1 Å². The molecule has 0 saturated carbocycles. The Morgan fingerprint density at radius 2 is 1.88 bits per heavy atom. The molecule has 2 aromatic heterocycles. The number of nitrogens with zero attached hydrogens (tertiary/aromatic N) is 2. The normalized spacial score (nSPS) is 11.9. The van der Waals surface area contributed by atoms with Crippen molar-refractivity contribution in [3.63, 3.8) is 0 Å². The Bertz CT molecular complexity index is 853. The van der Waals surface area contributed by atoms with E-state index in [1.807, 2.05) is 13.8 Å². The van der Waals surface area contributed by atoms with Crippen molar-refractivity contribution in [3.05, 3.63) is 41.0 Å². The molecule has 0 aliphatic rings. The summed E-state index contributed by atoms with van der Waals surface area (Å²) in [5.41, 5.74) is 3.23. The van der Waals surface area contributed by atoms with Gasteiger partial charge in [0.1, 0.15) is 17.0 Å². The van der Waals surface area contributed by atoms with Crippen LogP contribution in [0.25, 0.3) is 21.3 Å². The molecule has 24 heavy (non-hydrogen) atoms. The topological polar surface area (TPSA) is 58.0 Å². The van der Waals surface area contributed by atoms with Gasteiger partial charge in [0.15, 0.2) is 0 Å². The lowest BCUT2D eigenvalue weighted by atomic mass is 10.0. The number of benzene rings is 1. The maximum atomic E-state index is 9.57. The Morgan fingerprint density at radius 3 is 2.50 bits per heavy atom. The van der Waals surface area contributed by atoms with E-state index >= 15 is 0 Å². The van der Waals surface area contributed by atoms with Gasteiger partial charge in [-0.05, 0) is 38.3 Å². The number of hydrogen-bond acceptors (Lipinski definition) is 5. The van der Waals surface area contributed by atoms with Crippen LogP contribution in [0.15, 0.2) is 30.6 Å². The molecule has 0 atom stereocenters. The summed E-state index contributed by atoms with van der Waals surface area (Å²) in [4.78, 5) is 11.1. The zero-order valence-electron chi connectivity index (χ0n) is 14.6. The van der Waals surface area contributed by atoms with Crippen LogP contribution in [0, 0.1) is 6.92 Å². The molecule has 1 aromatic carbocycles. The van der Waals surface area contributed by atoms with Crippen LogP contribution in [0.2, 0.25) is 0 Å². The van der Waals surface area contributed by atoms with E-state index in [4.69, 9.17) is 0 Å². The van der Waals surface area contributed by atoms with E-state index in [1.54, 1.807) is 17.7 Å². The first kappa shape index (κ1) is 16.9. The van der Waals surface area contributed by atoms with Crippen LogP contribution in [0.3, 0.4) is 0 Å². The lowest BCUT2D eigenvalue weighted by molar-refractivity contribution is 0.234. The van der Waals surface area contributed by atoms with Crippen LogP contribution in [0.4, 0.5) is 5.82 Å². The van der Waals surface area contributed by atoms with Crippen molar-refractivity contribution >= 4 is 27.4 Å². The minimum atomic E-state index is -0.444. The van der Waals surface area contributed by atoms with Crippen LogP contribution >= 0.6 is 11.3 Å². The monoisotopic (exact) mass is 341 g/mol. The van der Waals surface area contributed by atoms with Crippen molar-refractivity contribution in [2.24, 2.45) is 0 Å². The van der Waals surface area contributed by atoms with Gasteiger partial charge in [-0.2, -0.15) is 0 Å². The number of nitrogens with one attached hydrogen (secondary N) is 1. The maximum absolute atomic E-state index is 9.57. The molecule has 4 nitrogen and oxygen atoms in total. The van der Waals surface area contributed by atoms with E-state index < -0.39 is 5.54 Å². The molecule has 0 amide bonds. The number of aliphatic hydroxyl groups is 1. The number of rotatable bonds is 5. The van der Waals surface area contributed by atoms with Gasteiger partial charge in [-0.1, -0.05) is 31.2 Å². The van der Waals surface area contributed by atoms with Crippen LogP contribution in [0.5, 0.6) is 0 Å². The van der Waals surface area contributed by atoms with Gasteiger partial charge in [0.2, 0.25) is 0 Å². The molecule has 0 fully saturated rings. The molecule has 3 rings (SSSR count). The van der Waals surface area contributed by atoms with E-state index in [-0.39, 0.29) is 6.61 Å². The molecule has 0 aliphatic carbocycles. The number of aromatic nitrogens is 2. The highest BCUT2D eigenvalue weighted by atomic mass is 32.1. The molecule has 0 bridgehead atoms. The highest BCUT2D eigenvalue weighted by molar-refractivity contribution is 7.19. The molecular weight excluding hydrogens is 318 g/mol. The molecule has 0 saturated heterocycles. The Hall–Kier alpha value is -1.98. The van der Waals surface area contributed by atoms with Gasteiger partial charge in [-0.25, -0.2) is 9.97 Å². The molecule has 0 radical (unpaired) electrons. The average molecular weight is 341 g/mol. The molecule has 0 spiro atoms. The molecule has 0 aliphatic heterocycles. The third-order valence-corrected chi connectivity index (χ3v) is 5.18. The summed E-state index contributed by atoms with van der Waals surface area (Å²) in [7, 11) is 0. The van der Waals surface area contributed by atoms with Crippen LogP contribution in [-0.4, -0.2) is 27.2 Å². The lowest BCUT2D eigenvalue weighted by Crippen LogP contribution is -2.35. The quantitative estimate of drug-likeness (QED) is 0.721. The molecule has 126 valence electrons. The molecular formula is C19H23N3OS. The predicted molar refractivity (Wildman–Crippen MR) is 102 cm³/mol. The zero-order valence-corrected chi connectivity index (χ0v) is 15.4. The van der Waals surface area contributed by atoms with E-state index in [2.05, 4.69) is 53.4 Å². The highest BCUT2D eigenvalue weighted by Crippen LogP contribution is 2.40. The number of aryl methyl sites for hydroxylation is 2. The Kier molecular flexibility index (Phi) is 4.56. The van der Waals surface area contributed by atoms with Crippen molar-refractivity contribution in [1.82, 2.24) is 9.97 Å². The number of aliphatic hydroxyl groups excluding tert-OH is 1. The largest absolute Gasteiger partial charge is 0.394 e. The molecule has 0 unspecified atom stereocenters. The number of fused-ring (bicyclic) bond motifs is 1. The van der Waals surface area contributed by atoms with Crippen LogP contribution < -0.4 is 5.32 Å². The summed E-state index contributed by atoms with van der Waals surface area (Å²) >= 11 is 1.68.